The fourth-order valence-electron chi connectivity index (χ4n) is 3.55. The maximum atomic E-state index is 5.86. The van der Waals surface area contributed by atoms with Crippen LogP contribution >= 0.6 is 0 Å². The van der Waals surface area contributed by atoms with Gasteiger partial charge >= 0.3 is 0 Å². The molecule has 1 aliphatic rings. The topological polar surface area (TPSA) is 41.2 Å². The largest absolute Gasteiger partial charge is 0.373 e. The van der Waals surface area contributed by atoms with E-state index in [-0.39, 0.29) is 0 Å². The van der Waals surface area contributed by atoms with Crippen molar-refractivity contribution in [1.82, 2.24) is 14.9 Å². The molecular weight excluding hydrogens is 274 g/mol. The molecule has 1 aliphatic heterocycles. The third-order valence-electron chi connectivity index (χ3n) is 4.38. The maximum absolute atomic E-state index is 5.86. The molecule has 1 N–H and O–H groups in total. The minimum atomic E-state index is 0.302. The Kier molecular flexibility index (Phi) is 4.24. The monoisotopic (exact) mass is 301 g/mol. The van der Waals surface area contributed by atoms with Crippen molar-refractivity contribution in [2.45, 2.75) is 59.3 Å². The lowest BCUT2D eigenvalue weighted by atomic mass is 10.0. The van der Waals surface area contributed by atoms with Crippen LogP contribution in [0.1, 0.15) is 50.4 Å². The first kappa shape index (κ1) is 15.5. The van der Waals surface area contributed by atoms with Gasteiger partial charge in [0.1, 0.15) is 5.65 Å². The second-order valence-electron chi connectivity index (χ2n) is 7.03. The Labute approximate surface area is 132 Å². The number of ether oxygens (including phenoxy) is 1. The van der Waals surface area contributed by atoms with Crippen molar-refractivity contribution < 1.29 is 4.74 Å². The average Bonchev–Trinajstić information content (AvgIpc) is 2.76. The van der Waals surface area contributed by atoms with Crippen LogP contribution in [0.15, 0.2) is 12.3 Å². The van der Waals surface area contributed by atoms with Gasteiger partial charge < -0.3 is 9.72 Å². The Morgan fingerprint density at radius 1 is 1.32 bits per heavy atom. The minimum absolute atomic E-state index is 0.302. The van der Waals surface area contributed by atoms with E-state index in [9.17, 15) is 0 Å². The van der Waals surface area contributed by atoms with Crippen LogP contribution in [0, 0.1) is 6.92 Å². The first-order valence-electron chi connectivity index (χ1n) is 8.29. The van der Waals surface area contributed by atoms with Gasteiger partial charge in [0.25, 0.3) is 0 Å². The normalized spacial score (nSPS) is 23.5. The Hall–Kier alpha value is -1.39. The fourth-order valence-corrected chi connectivity index (χ4v) is 3.55. The zero-order valence-electron chi connectivity index (χ0n) is 14.3. The first-order valence-corrected chi connectivity index (χ1v) is 8.29. The lowest BCUT2D eigenvalue weighted by Crippen LogP contribution is -2.44. The summed E-state index contributed by atoms with van der Waals surface area (Å²) in [4.78, 5) is 10.6. The zero-order valence-corrected chi connectivity index (χ0v) is 14.3. The molecule has 1 fully saturated rings. The summed E-state index contributed by atoms with van der Waals surface area (Å²) in [5.41, 5.74) is 4.95. The quantitative estimate of drug-likeness (QED) is 0.941. The number of hydrogen-bond acceptors (Lipinski definition) is 3. The highest BCUT2D eigenvalue weighted by atomic mass is 16.5. The number of hydrogen-bond donors (Lipinski definition) is 1. The molecule has 120 valence electrons. The molecule has 4 nitrogen and oxygen atoms in total. The van der Waals surface area contributed by atoms with Gasteiger partial charge in [-0.2, -0.15) is 0 Å². The van der Waals surface area contributed by atoms with Crippen LogP contribution in [-0.2, 0) is 11.3 Å². The van der Waals surface area contributed by atoms with E-state index in [2.05, 4.69) is 55.6 Å². The molecule has 0 radical (unpaired) electrons. The summed E-state index contributed by atoms with van der Waals surface area (Å²) in [6, 6.07) is 2.26. The van der Waals surface area contributed by atoms with Gasteiger partial charge in [-0.3, -0.25) is 4.90 Å². The number of nitrogens with one attached hydrogen (secondary N) is 1. The van der Waals surface area contributed by atoms with Gasteiger partial charge in [0.15, 0.2) is 0 Å². The molecule has 22 heavy (non-hydrogen) atoms. The van der Waals surface area contributed by atoms with Gasteiger partial charge in [0, 0.05) is 36.9 Å². The predicted molar refractivity (Wildman–Crippen MR) is 90.2 cm³/mol. The number of aromatic amines is 1. The molecule has 0 aromatic carbocycles. The summed E-state index contributed by atoms with van der Waals surface area (Å²) >= 11 is 0. The van der Waals surface area contributed by atoms with Crippen LogP contribution < -0.4 is 0 Å². The highest BCUT2D eigenvalue weighted by molar-refractivity contribution is 5.82. The smallest absolute Gasteiger partial charge is 0.137 e. The van der Waals surface area contributed by atoms with E-state index in [0.717, 1.165) is 25.3 Å². The molecule has 1 saturated heterocycles. The van der Waals surface area contributed by atoms with Crippen LogP contribution in [0.4, 0.5) is 0 Å². The van der Waals surface area contributed by atoms with Gasteiger partial charge in [-0.25, -0.2) is 4.98 Å². The fraction of sp³-hybridized carbons (Fsp3) is 0.611. The van der Waals surface area contributed by atoms with Crippen molar-refractivity contribution in [1.29, 1.82) is 0 Å². The summed E-state index contributed by atoms with van der Waals surface area (Å²) in [6.45, 7) is 13.9. The number of nitrogens with zero attached hydrogens (tertiary/aromatic N) is 2. The summed E-state index contributed by atoms with van der Waals surface area (Å²) < 4.78 is 5.86. The molecule has 0 amide bonds. The zero-order chi connectivity index (χ0) is 15.9. The molecule has 4 heteroatoms. The van der Waals surface area contributed by atoms with E-state index in [1.807, 2.05) is 6.20 Å². The van der Waals surface area contributed by atoms with Crippen molar-refractivity contribution in [3.8, 4) is 0 Å². The molecule has 2 aromatic heterocycles. The first-order chi connectivity index (χ1) is 10.4. The lowest BCUT2D eigenvalue weighted by Gasteiger charge is -2.35. The van der Waals surface area contributed by atoms with Gasteiger partial charge in [0.2, 0.25) is 0 Å². The summed E-state index contributed by atoms with van der Waals surface area (Å²) in [6.07, 6.45) is 2.54. The molecule has 3 heterocycles. The summed E-state index contributed by atoms with van der Waals surface area (Å²) in [5, 5.41) is 1.27. The number of pyridine rings is 1. The van der Waals surface area contributed by atoms with Crippen molar-refractivity contribution in [2.75, 3.05) is 13.1 Å². The second kappa shape index (κ2) is 6.01. The second-order valence-corrected chi connectivity index (χ2v) is 7.03. The van der Waals surface area contributed by atoms with Crippen LogP contribution in [-0.4, -0.2) is 40.2 Å². The average molecular weight is 301 g/mol. The SMILES string of the molecule is Cc1cnc2[nH]c(C(C)C)c(CN3CC(C)OC(C)C3)c2c1. The van der Waals surface area contributed by atoms with Crippen LogP contribution in [0.3, 0.4) is 0 Å². The number of aryl methyl sites for hydroxylation is 1. The van der Waals surface area contributed by atoms with E-state index in [1.54, 1.807) is 0 Å². The third kappa shape index (κ3) is 3.03. The van der Waals surface area contributed by atoms with E-state index < -0.39 is 0 Å². The Bertz CT molecular complexity index is 652. The highest BCUT2D eigenvalue weighted by Crippen LogP contribution is 2.29. The van der Waals surface area contributed by atoms with Crippen LogP contribution in [0.2, 0.25) is 0 Å². The third-order valence-corrected chi connectivity index (χ3v) is 4.38. The number of fused-ring (bicyclic) bond motifs is 1. The number of morpholine rings is 1. The molecule has 0 aliphatic carbocycles. The van der Waals surface area contributed by atoms with Crippen molar-refractivity contribution >= 4 is 11.0 Å². The summed E-state index contributed by atoms with van der Waals surface area (Å²) in [5.74, 6) is 0.473. The van der Waals surface area contributed by atoms with Crippen LogP contribution in [0.5, 0.6) is 0 Å². The lowest BCUT2D eigenvalue weighted by molar-refractivity contribution is -0.0704. The van der Waals surface area contributed by atoms with E-state index >= 15 is 0 Å². The Morgan fingerprint density at radius 2 is 2.00 bits per heavy atom. The molecule has 0 saturated carbocycles. The molecule has 2 aromatic rings. The highest BCUT2D eigenvalue weighted by Gasteiger charge is 2.24. The van der Waals surface area contributed by atoms with Gasteiger partial charge in [0.05, 0.1) is 12.2 Å². The number of aromatic nitrogens is 2. The molecule has 2 unspecified atom stereocenters. The standard InChI is InChI=1S/C18H27N3O/c1-11(2)17-16(10-21-8-13(4)22-14(5)9-21)15-6-12(3)7-19-18(15)20-17/h6-7,11,13-14H,8-10H2,1-5H3,(H,19,20). The van der Waals surface area contributed by atoms with Gasteiger partial charge in [-0.05, 0) is 43.9 Å². The molecule has 2 atom stereocenters. The van der Waals surface area contributed by atoms with Crippen molar-refractivity contribution in [3.63, 3.8) is 0 Å². The van der Waals surface area contributed by atoms with Gasteiger partial charge in [-0.15, -0.1) is 0 Å². The van der Waals surface area contributed by atoms with E-state index in [4.69, 9.17) is 4.74 Å². The van der Waals surface area contributed by atoms with Crippen LogP contribution in [0.25, 0.3) is 11.0 Å². The van der Waals surface area contributed by atoms with E-state index in [0.29, 0.717) is 18.1 Å². The van der Waals surface area contributed by atoms with Crippen molar-refractivity contribution in [2.24, 2.45) is 0 Å². The minimum Gasteiger partial charge on any atom is -0.373 e. The number of H-pyrrole nitrogens is 1. The molecule has 0 spiro atoms. The van der Waals surface area contributed by atoms with E-state index in [1.165, 1.54) is 22.2 Å². The number of rotatable bonds is 3. The van der Waals surface area contributed by atoms with Gasteiger partial charge in [-0.1, -0.05) is 13.8 Å². The maximum Gasteiger partial charge on any atom is 0.137 e. The van der Waals surface area contributed by atoms with Crippen molar-refractivity contribution in [3.05, 3.63) is 29.1 Å². The molecule has 0 bridgehead atoms. The molecular formula is C18H27N3O. The Balaban J connectivity index is 1.97. The summed E-state index contributed by atoms with van der Waals surface area (Å²) in [7, 11) is 0. The molecule has 3 rings (SSSR count). The Morgan fingerprint density at radius 3 is 2.64 bits per heavy atom. The predicted octanol–water partition coefficient (Wildman–Crippen LogP) is 3.60.